The van der Waals surface area contributed by atoms with E-state index >= 15 is 0 Å². The van der Waals surface area contributed by atoms with Crippen LogP contribution < -0.4 is 4.74 Å². The fourth-order valence-corrected chi connectivity index (χ4v) is 7.16. The summed E-state index contributed by atoms with van der Waals surface area (Å²) >= 11 is 6.62. The van der Waals surface area contributed by atoms with E-state index in [0.717, 1.165) is 16.9 Å². The first-order valence-corrected chi connectivity index (χ1v) is 14.2. The van der Waals surface area contributed by atoms with Gasteiger partial charge in [0.1, 0.15) is 10.1 Å². The smallest absolute Gasteiger partial charge is 0.266 e. The summed E-state index contributed by atoms with van der Waals surface area (Å²) in [6.45, 7) is 0.476. The third-order valence-electron chi connectivity index (χ3n) is 6.00. The highest BCUT2D eigenvalue weighted by molar-refractivity contribution is 8.26. The number of hydrogen-bond donors (Lipinski definition) is 0. The van der Waals surface area contributed by atoms with Crippen molar-refractivity contribution >= 4 is 56.0 Å². The lowest BCUT2D eigenvalue weighted by atomic mass is 10.1. The number of thioether (sulfide) groups is 1. The first-order chi connectivity index (χ1) is 16.8. The van der Waals surface area contributed by atoms with Gasteiger partial charge in [0.2, 0.25) is 5.91 Å². The van der Waals surface area contributed by atoms with Gasteiger partial charge in [-0.3, -0.25) is 14.5 Å². The monoisotopic (exact) mass is 530 g/mol. The molecule has 0 saturated carbocycles. The molecule has 7 nitrogen and oxygen atoms in total. The van der Waals surface area contributed by atoms with Gasteiger partial charge in [-0.15, -0.1) is 0 Å². The molecule has 1 atom stereocenters. The summed E-state index contributed by atoms with van der Waals surface area (Å²) in [5.41, 5.74) is 1.78. The largest absolute Gasteiger partial charge is 0.497 e. The zero-order valence-corrected chi connectivity index (χ0v) is 21.7. The summed E-state index contributed by atoms with van der Waals surface area (Å²) in [6, 6.07) is 16.5. The maximum atomic E-state index is 13.3. The van der Waals surface area contributed by atoms with E-state index < -0.39 is 9.84 Å². The standard InChI is InChI=1S/C25H26N2O5S3/c1-32-21-9-7-18(8-10-21)15-22-24(29)26(25(33)34-22)13-11-23(28)27(16-19-5-3-2-4-6-19)20-12-14-35(30,31)17-20/h2-10,15,20H,11-14,16-17H2,1H3/b22-15-/t20-/m1/s1. The highest BCUT2D eigenvalue weighted by atomic mass is 32.2. The molecular formula is C25H26N2O5S3. The molecule has 0 spiro atoms. The molecule has 2 aliphatic heterocycles. The van der Waals surface area contributed by atoms with Crippen molar-refractivity contribution in [1.29, 1.82) is 0 Å². The summed E-state index contributed by atoms with van der Waals surface area (Å²) < 4.78 is 29.7. The van der Waals surface area contributed by atoms with E-state index in [0.29, 0.717) is 22.2 Å². The van der Waals surface area contributed by atoms with Gasteiger partial charge in [-0.2, -0.15) is 0 Å². The van der Waals surface area contributed by atoms with Gasteiger partial charge in [-0.05, 0) is 35.8 Å². The molecule has 0 aromatic heterocycles. The van der Waals surface area contributed by atoms with Crippen molar-refractivity contribution in [2.75, 3.05) is 25.2 Å². The number of hydrogen-bond acceptors (Lipinski definition) is 7. The Kier molecular flexibility index (Phi) is 7.93. The Morgan fingerprint density at radius 1 is 1.20 bits per heavy atom. The second-order valence-corrected chi connectivity index (χ2v) is 12.3. The first-order valence-electron chi connectivity index (χ1n) is 11.2. The van der Waals surface area contributed by atoms with Crippen LogP contribution >= 0.6 is 24.0 Å². The summed E-state index contributed by atoms with van der Waals surface area (Å²) in [7, 11) is -1.56. The van der Waals surface area contributed by atoms with E-state index in [4.69, 9.17) is 17.0 Å². The van der Waals surface area contributed by atoms with Crippen LogP contribution in [0.15, 0.2) is 59.5 Å². The highest BCUT2D eigenvalue weighted by Gasteiger charge is 2.36. The molecule has 4 rings (SSSR count). The Bertz CT molecular complexity index is 1240. The van der Waals surface area contributed by atoms with Gasteiger partial charge >= 0.3 is 0 Å². The van der Waals surface area contributed by atoms with Gasteiger partial charge in [-0.25, -0.2) is 8.42 Å². The van der Waals surface area contributed by atoms with Crippen LogP contribution in [0.2, 0.25) is 0 Å². The number of ether oxygens (including phenoxy) is 1. The maximum Gasteiger partial charge on any atom is 0.266 e. The van der Waals surface area contributed by atoms with Gasteiger partial charge in [-0.1, -0.05) is 66.4 Å². The Morgan fingerprint density at radius 2 is 1.91 bits per heavy atom. The first kappa shape index (κ1) is 25.4. The quantitative estimate of drug-likeness (QED) is 0.382. The van der Waals surface area contributed by atoms with Gasteiger partial charge in [0.15, 0.2) is 9.84 Å². The molecule has 2 amide bonds. The van der Waals surface area contributed by atoms with Crippen LogP contribution in [0.1, 0.15) is 24.0 Å². The molecule has 0 unspecified atom stereocenters. The van der Waals surface area contributed by atoms with Gasteiger partial charge < -0.3 is 9.64 Å². The zero-order valence-electron chi connectivity index (χ0n) is 19.3. The van der Waals surface area contributed by atoms with Crippen molar-refractivity contribution < 1.29 is 22.7 Å². The van der Waals surface area contributed by atoms with E-state index in [1.165, 1.54) is 16.7 Å². The molecule has 2 aliphatic rings. The van der Waals surface area contributed by atoms with Crippen LogP contribution in [0.5, 0.6) is 5.75 Å². The number of nitrogens with zero attached hydrogens (tertiary/aromatic N) is 2. The summed E-state index contributed by atoms with van der Waals surface area (Å²) in [4.78, 5) is 29.8. The van der Waals surface area contributed by atoms with Crippen LogP contribution in [-0.4, -0.2) is 65.6 Å². The van der Waals surface area contributed by atoms with E-state index in [-0.39, 0.29) is 42.3 Å². The van der Waals surface area contributed by atoms with Gasteiger partial charge in [0.05, 0.1) is 23.5 Å². The van der Waals surface area contributed by atoms with E-state index in [9.17, 15) is 18.0 Å². The van der Waals surface area contributed by atoms with E-state index in [1.54, 1.807) is 18.1 Å². The van der Waals surface area contributed by atoms with Crippen LogP contribution in [0.4, 0.5) is 0 Å². The molecule has 2 saturated heterocycles. The Balaban J connectivity index is 1.44. The molecule has 2 fully saturated rings. The number of carbonyl (C=O) groups is 2. The molecule has 2 aromatic carbocycles. The summed E-state index contributed by atoms with van der Waals surface area (Å²) in [5.74, 6) is 0.354. The maximum absolute atomic E-state index is 13.3. The van der Waals surface area contributed by atoms with Crippen molar-refractivity contribution in [3.05, 3.63) is 70.6 Å². The number of sulfone groups is 1. The summed E-state index contributed by atoms with van der Waals surface area (Å²) in [6.07, 6.45) is 2.25. The molecule has 0 bridgehead atoms. The molecule has 2 aromatic rings. The number of carbonyl (C=O) groups excluding carboxylic acids is 2. The SMILES string of the molecule is COc1ccc(/C=C2\SC(=S)N(CCC(=O)N(Cc3ccccc3)[C@@H]3CCS(=O)(=O)C3)C2=O)cc1. The zero-order chi connectivity index (χ0) is 25.0. The second-order valence-electron chi connectivity index (χ2n) is 8.42. The predicted molar refractivity (Wildman–Crippen MR) is 142 cm³/mol. The van der Waals surface area contributed by atoms with Gasteiger partial charge in [0.25, 0.3) is 5.91 Å². The average Bonchev–Trinajstić information content (AvgIpc) is 3.34. The Hall–Kier alpha value is -2.69. The molecule has 0 N–H and O–H groups in total. The molecule has 0 radical (unpaired) electrons. The van der Waals surface area contributed by atoms with Crippen molar-refractivity contribution in [3.8, 4) is 5.75 Å². The molecule has 2 heterocycles. The fourth-order valence-electron chi connectivity index (χ4n) is 4.12. The van der Waals surface area contributed by atoms with E-state index in [1.807, 2.05) is 54.6 Å². The Labute approximate surface area is 215 Å². The minimum Gasteiger partial charge on any atom is -0.497 e. The molecule has 35 heavy (non-hydrogen) atoms. The molecule has 184 valence electrons. The minimum atomic E-state index is -3.15. The third kappa shape index (κ3) is 6.31. The molecule has 10 heteroatoms. The number of benzene rings is 2. The highest BCUT2D eigenvalue weighted by Crippen LogP contribution is 2.33. The van der Waals surface area contributed by atoms with Crippen molar-refractivity contribution in [2.45, 2.75) is 25.4 Å². The number of rotatable bonds is 8. The van der Waals surface area contributed by atoms with Gasteiger partial charge in [0, 0.05) is 25.6 Å². The normalized spacial score (nSPS) is 20.4. The average molecular weight is 531 g/mol. The van der Waals surface area contributed by atoms with Crippen LogP contribution in [0, 0.1) is 0 Å². The van der Waals surface area contributed by atoms with Crippen molar-refractivity contribution in [2.24, 2.45) is 0 Å². The number of methoxy groups -OCH3 is 1. The van der Waals surface area contributed by atoms with Crippen LogP contribution in [0.3, 0.4) is 0 Å². The number of thiocarbonyl (C=S) groups is 1. The van der Waals surface area contributed by atoms with E-state index in [2.05, 4.69) is 0 Å². The van der Waals surface area contributed by atoms with Crippen LogP contribution in [0.25, 0.3) is 6.08 Å². The Morgan fingerprint density at radius 3 is 2.54 bits per heavy atom. The van der Waals surface area contributed by atoms with Crippen LogP contribution in [-0.2, 0) is 26.0 Å². The lowest BCUT2D eigenvalue weighted by Gasteiger charge is -2.29. The molecule has 0 aliphatic carbocycles. The summed E-state index contributed by atoms with van der Waals surface area (Å²) in [5, 5.41) is 0. The number of amides is 2. The predicted octanol–water partition coefficient (Wildman–Crippen LogP) is 3.50. The third-order valence-corrected chi connectivity index (χ3v) is 9.13. The minimum absolute atomic E-state index is 0.0305. The topological polar surface area (TPSA) is 84.0 Å². The van der Waals surface area contributed by atoms with Crippen molar-refractivity contribution in [1.82, 2.24) is 9.80 Å². The lowest BCUT2D eigenvalue weighted by Crippen LogP contribution is -2.42. The second kappa shape index (κ2) is 10.9. The van der Waals surface area contributed by atoms with Crippen molar-refractivity contribution in [3.63, 3.8) is 0 Å². The molecular weight excluding hydrogens is 504 g/mol. The fraction of sp³-hybridized carbons (Fsp3) is 0.320. The lowest BCUT2D eigenvalue weighted by molar-refractivity contribution is -0.134.